The van der Waals surface area contributed by atoms with E-state index in [4.69, 9.17) is 17.3 Å². The molecule has 0 saturated heterocycles. The fourth-order valence-electron chi connectivity index (χ4n) is 1.38. The average molecular weight is 256 g/mol. The number of nitrogens with one attached hydrogen (secondary N) is 2. The molecule has 17 heavy (non-hydrogen) atoms. The molecule has 0 bridgehead atoms. The molecule has 0 radical (unpaired) electrons. The van der Waals surface area contributed by atoms with Crippen LogP contribution in [0.5, 0.6) is 0 Å². The Morgan fingerprint density at radius 2 is 2.29 bits per heavy atom. The van der Waals surface area contributed by atoms with Gasteiger partial charge in [0.1, 0.15) is 18.0 Å². The molecule has 0 amide bonds. The van der Waals surface area contributed by atoms with Crippen molar-refractivity contribution in [2.45, 2.75) is 6.42 Å². The molecule has 7 heteroatoms. The fourth-order valence-corrected chi connectivity index (χ4v) is 1.55. The Balaban J connectivity index is 1.97. The molecule has 90 valence electrons. The second-order valence-electron chi connectivity index (χ2n) is 3.46. The number of aromatic amines is 1. The van der Waals surface area contributed by atoms with Gasteiger partial charge in [-0.15, -0.1) is 0 Å². The summed E-state index contributed by atoms with van der Waals surface area (Å²) in [6.07, 6.45) is 2.08. The standard InChI is InChI=1S/C10H11ClFN5/c11-6-3-8(13)9(4-7(6)12)14-2-1-10-15-5-16-17-10/h3-5,14H,1-2,13H2,(H,15,16,17). The van der Waals surface area contributed by atoms with Crippen LogP contribution >= 0.6 is 11.6 Å². The number of nitrogens with zero attached hydrogens (tertiary/aromatic N) is 2. The molecule has 0 atom stereocenters. The highest BCUT2D eigenvalue weighted by Gasteiger charge is 2.06. The van der Waals surface area contributed by atoms with Gasteiger partial charge in [0.15, 0.2) is 0 Å². The summed E-state index contributed by atoms with van der Waals surface area (Å²) in [5.41, 5.74) is 6.63. The monoisotopic (exact) mass is 255 g/mol. The second kappa shape index (κ2) is 5.01. The molecular formula is C10H11ClFN5. The SMILES string of the molecule is Nc1cc(Cl)c(F)cc1NCCc1ncn[nH]1. The topological polar surface area (TPSA) is 79.6 Å². The van der Waals surface area contributed by atoms with Crippen LogP contribution < -0.4 is 11.1 Å². The third-order valence-electron chi connectivity index (χ3n) is 2.23. The Bertz CT molecular complexity index is 500. The predicted molar refractivity (Wildman–Crippen MR) is 64.4 cm³/mol. The number of hydrogen-bond donors (Lipinski definition) is 3. The van der Waals surface area contributed by atoms with Crippen LogP contribution in [0.1, 0.15) is 5.82 Å². The van der Waals surface area contributed by atoms with Crippen LogP contribution in [0.25, 0.3) is 0 Å². The van der Waals surface area contributed by atoms with Gasteiger partial charge in [-0.3, -0.25) is 5.10 Å². The molecule has 1 aromatic heterocycles. The summed E-state index contributed by atoms with van der Waals surface area (Å²) in [4.78, 5) is 3.97. The lowest BCUT2D eigenvalue weighted by atomic mass is 10.2. The number of rotatable bonds is 4. The number of H-pyrrole nitrogens is 1. The van der Waals surface area contributed by atoms with Crippen molar-refractivity contribution in [1.29, 1.82) is 0 Å². The highest BCUT2D eigenvalue weighted by Crippen LogP contribution is 2.25. The van der Waals surface area contributed by atoms with Crippen LogP contribution in [0.2, 0.25) is 5.02 Å². The normalized spacial score (nSPS) is 10.5. The van der Waals surface area contributed by atoms with Crippen LogP contribution in [0.15, 0.2) is 18.5 Å². The minimum absolute atomic E-state index is 0.0169. The number of hydrogen-bond acceptors (Lipinski definition) is 4. The fraction of sp³-hybridized carbons (Fsp3) is 0.200. The molecule has 0 aliphatic heterocycles. The lowest BCUT2D eigenvalue weighted by molar-refractivity contribution is 0.629. The van der Waals surface area contributed by atoms with E-state index in [9.17, 15) is 4.39 Å². The van der Waals surface area contributed by atoms with Gasteiger partial charge in [-0.1, -0.05) is 11.6 Å². The molecule has 0 saturated carbocycles. The molecule has 0 unspecified atom stereocenters. The molecule has 0 fully saturated rings. The minimum atomic E-state index is -0.497. The van der Waals surface area contributed by atoms with Gasteiger partial charge in [-0.05, 0) is 6.07 Å². The van der Waals surface area contributed by atoms with Crippen LogP contribution in [-0.2, 0) is 6.42 Å². The Hall–Kier alpha value is -1.82. The van der Waals surface area contributed by atoms with Crippen molar-refractivity contribution < 1.29 is 4.39 Å². The summed E-state index contributed by atoms with van der Waals surface area (Å²) in [7, 11) is 0. The molecule has 2 rings (SSSR count). The van der Waals surface area contributed by atoms with E-state index in [1.54, 1.807) is 0 Å². The largest absolute Gasteiger partial charge is 0.397 e. The van der Waals surface area contributed by atoms with Crippen LogP contribution in [0.4, 0.5) is 15.8 Å². The van der Waals surface area contributed by atoms with Gasteiger partial charge < -0.3 is 11.1 Å². The van der Waals surface area contributed by atoms with Crippen LogP contribution in [0.3, 0.4) is 0 Å². The minimum Gasteiger partial charge on any atom is -0.397 e. The number of benzene rings is 1. The lowest BCUT2D eigenvalue weighted by Gasteiger charge is -2.09. The molecule has 0 aliphatic rings. The highest BCUT2D eigenvalue weighted by atomic mass is 35.5. The summed E-state index contributed by atoms with van der Waals surface area (Å²) in [6.45, 7) is 0.570. The number of nitrogen functional groups attached to an aromatic ring is 1. The van der Waals surface area contributed by atoms with E-state index in [2.05, 4.69) is 20.5 Å². The maximum Gasteiger partial charge on any atom is 0.143 e. The van der Waals surface area contributed by atoms with Crippen molar-refractivity contribution in [3.05, 3.63) is 35.1 Å². The van der Waals surface area contributed by atoms with Gasteiger partial charge >= 0.3 is 0 Å². The van der Waals surface area contributed by atoms with Crippen molar-refractivity contribution in [3.8, 4) is 0 Å². The molecule has 4 N–H and O–H groups in total. The van der Waals surface area contributed by atoms with Crippen LogP contribution in [-0.4, -0.2) is 21.7 Å². The quantitative estimate of drug-likeness (QED) is 0.729. The number of nitrogens with two attached hydrogens (primary N) is 1. The van der Waals surface area contributed by atoms with E-state index >= 15 is 0 Å². The number of halogens is 2. The summed E-state index contributed by atoms with van der Waals surface area (Å²) in [5, 5.41) is 9.48. The van der Waals surface area contributed by atoms with Gasteiger partial charge in [-0.25, -0.2) is 9.37 Å². The van der Waals surface area contributed by atoms with Crippen LogP contribution in [0, 0.1) is 5.82 Å². The van der Waals surface area contributed by atoms with E-state index in [0.717, 1.165) is 5.82 Å². The van der Waals surface area contributed by atoms with Gasteiger partial charge in [0.05, 0.1) is 16.4 Å². The van der Waals surface area contributed by atoms with E-state index in [-0.39, 0.29) is 5.02 Å². The third kappa shape index (κ3) is 2.85. The maximum absolute atomic E-state index is 13.2. The predicted octanol–water partition coefficient (Wildman–Crippen LogP) is 1.83. The third-order valence-corrected chi connectivity index (χ3v) is 2.52. The lowest BCUT2D eigenvalue weighted by Crippen LogP contribution is -2.08. The zero-order chi connectivity index (χ0) is 12.3. The molecular weight excluding hydrogens is 245 g/mol. The van der Waals surface area contributed by atoms with Crippen molar-refractivity contribution >= 4 is 23.0 Å². The van der Waals surface area contributed by atoms with Crippen molar-refractivity contribution in [2.75, 3.05) is 17.6 Å². The number of anilines is 2. The molecule has 5 nitrogen and oxygen atoms in total. The summed E-state index contributed by atoms with van der Waals surface area (Å²) in [5.74, 6) is 0.258. The second-order valence-corrected chi connectivity index (χ2v) is 3.87. The smallest absolute Gasteiger partial charge is 0.143 e. The highest BCUT2D eigenvalue weighted by molar-refractivity contribution is 6.31. The first-order valence-electron chi connectivity index (χ1n) is 4.99. The molecule has 0 spiro atoms. The Morgan fingerprint density at radius 3 is 3.00 bits per heavy atom. The van der Waals surface area contributed by atoms with Crippen molar-refractivity contribution in [1.82, 2.24) is 15.2 Å². The molecule has 0 aliphatic carbocycles. The first kappa shape index (κ1) is 11.7. The van der Waals surface area contributed by atoms with Gasteiger partial charge in [0.25, 0.3) is 0 Å². The number of aromatic nitrogens is 3. The van der Waals surface area contributed by atoms with E-state index in [1.165, 1.54) is 18.5 Å². The Kier molecular flexibility index (Phi) is 3.43. The zero-order valence-electron chi connectivity index (χ0n) is 8.87. The van der Waals surface area contributed by atoms with E-state index < -0.39 is 5.82 Å². The first-order valence-corrected chi connectivity index (χ1v) is 5.37. The van der Waals surface area contributed by atoms with Crippen molar-refractivity contribution in [2.24, 2.45) is 0 Å². The van der Waals surface area contributed by atoms with E-state index in [1.807, 2.05) is 0 Å². The first-order chi connectivity index (χ1) is 8.16. The molecule has 1 heterocycles. The zero-order valence-corrected chi connectivity index (χ0v) is 9.63. The molecule has 1 aromatic carbocycles. The Morgan fingerprint density at radius 1 is 1.47 bits per heavy atom. The Labute approximate surface area is 102 Å². The van der Waals surface area contributed by atoms with Gasteiger partial charge in [0, 0.05) is 19.0 Å². The maximum atomic E-state index is 13.2. The summed E-state index contributed by atoms with van der Waals surface area (Å²) >= 11 is 5.60. The summed E-state index contributed by atoms with van der Waals surface area (Å²) < 4.78 is 13.2. The average Bonchev–Trinajstić information content (AvgIpc) is 2.78. The van der Waals surface area contributed by atoms with Crippen molar-refractivity contribution in [3.63, 3.8) is 0 Å². The summed E-state index contributed by atoms with van der Waals surface area (Å²) in [6, 6.07) is 2.66. The van der Waals surface area contributed by atoms with Gasteiger partial charge in [0.2, 0.25) is 0 Å². The van der Waals surface area contributed by atoms with Gasteiger partial charge in [-0.2, -0.15) is 5.10 Å². The van der Waals surface area contributed by atoms with E-state index in [0.29, 0.717) is 24.3 Å². The molecule has 2 aromatic rings.